The minimum Gasteiger partial charge on any atom is -0.508 e. The first-order valence-corrected chi connectivity index (χ1v) is 7.32. The first-order valence-electron chi connectivity index (χ1n) is 7.32. The predicted octanol–water partition coefficient (Wildman–Crippen LogP) is 5.29. The third-order valence-corrected chi connectivity index (χ3v) is 4.22. The molecule has 0 heterocycles. The normalized spacial score (nSPS) is 14.7. The second-order valence-corrected chi connectivity index (χ2v) is 5.59. The van der Waals surface area contributed by atoms with Gasteiger partial charge in [-0.1, -0.05) is 51.5 Å². The van der Waals surface area contributed by atoms with Crippen LogP contribution in [0.4, 0.5) is 0 Å². The molecule has 0 unspecified atom stereocenters. The number of hydrogen-bond acceptors (Lipinski definition) is 1. The lowest BCUT2D eigenvalue weighted by molar-refractivity contribution is 0.289. The van der Waals surface area contributed by atoms with Crippen LogP contribution >= 0.6 is 0 Å². The molecule has 1 nitrogen and oxygen atoms in total. The lowest BCUT2D eigenvalue weighted by atomic mass is 9.82. The molecule has 1 aliphatic carbocycles. The van der Waals surface area contributed by atoms with Gasteiger partial charge in [0, 0.05) is 0 Å². The summed E-state index contributed by atoms with van der Waals surface area (Å²) in [5.41, 5.74) is 3.40. The molecule has 0 amide bonds. The fraction of sp³-hybridized carbons (Fsp3) is 0.647. The number of phenols is 1. The standard InChI is InChI=1S/C9H12O.C8H16/c1-6-4-5-9(10)8(3)7(6)2;1-2-3-5-8-6-4-7-8/h4-5,10H,1-3H3;8H,2-7H2,1H3. The van der Waals surface area contributed by atoms with Crippen molar-refractivity contribution in [3.63, 3.8) is 0 Å². The number of aromatic hydroxyl groups is 1. The molecule has 0 radical (unpaired) electrons. The zero-order chi connectivity index (χ0) is 13.5. The second-order valence-electron chi connectivity index (χ2n) is 5.59. The molecule has 0 bridgehead atoms. The van der Waals surface area contributed by atoms with Crippen molar-refractivity contribution >= 4 is 0 Å². The Morgan fingerprint density at radius 3 is 2.22 bits per heavy atom. The smallest absolute Gasteiger partial charge is 0.118 e. The molecule has 102 valence electrons. The molecule has 0 atom stereocenters. The second kappa shape index (κ2) is 7.45. The van der Waals surface area contributed by atoms with E-state index in [0.717, 1.165) is 11.5 Å². The SMILES string of the molecule is CCCCC1CCC1.Cc1ccc(O)c(C)c1C. The molecule has 1 saturated carbocycles. The molecular formula is C17H28O. The highest BCUT2D eigenvalue weighted by Gasteiger charge is 2.15. The average Bonchev–Trinajstić information content (AvgIpc) is 2.31. The number of hydrogen-bond donors (Lipinski definition) is 1. The largest absolute Gasteiger partial charge is 0.508 e. The molecule has 18 heavy (non-hydrogen) atoms. The Morgan fingerprint density at radius 1 is 1.11 bits per heavy atom. The van der Waals surface area contributed by atoms with E-state index in [0.29, 0.717) is 5.75 Å². The van der Waals surface area contributed by atoms with Crippen molar-refractivity contribution in [2.75, 3.05) is 0 Å². The summed E-state index contributed by atoms with van der Waals surface area (Å²) < 4.78 is 0. The van der Waals surface area contributed by atoms with E-state index in [4.69, 9.17) is 0 Å². The van der Waals surface area contributed by atoms with Crippen LogP contribution in [0, 0.1) is 26.7 Å². The van der Waals surface area contributed by atoms with Crippen molar-refractivity contribution < 1.29 is 5.11 Å². The Balaban J connectivity index is 0.000000184. The fourth-order valence-electron chi connectivity index (χ4n) is 2.22. The summed E-state index contributed by atoms with van der Waals surface area (Å²) in [6.45, 7) is 8.27. The molecule has 1 aromatic rings. The molecule has 1 aromatic carbocycles. The van der Waals surface area contributed by atoms with Gasteiger partial charge < -0.3 is 5.11 Å². The highest BCUT2D eigenvalue weighted by Crippen LogP contribution is 2.30. The summed E-state index contributed by atoms with van der Waals surface area (Å²) in [5.74, 6) is 1.53. The van der Waals surface area contributed by atoms with Gasteiger partial charge in [0.05, 0.1) is 0 Å². The lowest BCUT2D eigenvalue weighted by Crippen LogP contribution is -2.09. The average molecular weight is 248 g/mol. The van der Waals surface area contributed by atoms with E-state index < -0.39 is 0 Å². The van der Waals surface area contributed by atoms with Crippen LogP contribution in [0.5, 0.6) is 5.75 Å². The van der Waals surface area contributed by atoms with E-state index in [1.165, 1.54) is 49.7 Å². The van der Waals surface area contributed by atoms with Crippen LogP contribution in [0.2, 0.25) is 0 Å². The molecule has 1 heteroatoms. The summed E-state index contributed by atoms with van der Waals surface area (Å²) in [6.07, 6.45) is 8.92. The number of rotatable bonds is 3. The maximum Gasteiger partial charge on any atom is 0.118 e. The third kappa shape index (κ3) is 4.36. The van der Waals surface area contributed by atoms with Gasteiger partial charge in [-0.25, -0.2) is 0 Å². The predicted molar refractivity (Wildman–Crippen MR) is 79.2 cm³/mol. The van der Waals surface area contributed by atoms with E-state index in [9.17, 15) is 5.11 Å². The lowest BCUT2D eigenvalue weighted by Gasteiger charge is -2.24. The first-order chi connectivity index (χ1) is 8.56. The maximum atomic E-state index is 9.22. The number of phenolic OH excluding ortho intramolecular Hbond substituents is 1. The summed E-state index contributed by atoms with van der Waals surface area (Å²) in [4.78, 5) is 0. The van der Waals surface area contributed by atoms with Crippen molar-refractivity contribution in [3.05, 3.63) is 28.8 Å². The van der Waals surface area contributed by atoms with Crippen LogP contribution in [-0.4, -0.2) is 5.11 Å². The van der Waals surface area contributed by atoms with Crippen LogP contribution in [0.15, 0.2) is 12.1 Å². The number of aryl methyl sites for hydroxylation is 1. The van der Waals surface area contributed by atoms with Gasteiger partial charge in [0.2, 0.25) is 0 Å². The Hall–Kier alpha value is -0.980. The summed E-state index contributed by atoms with van der Waals surface area (Å²) >= 11 is 0. The molecule has 0 aliphatic heterocycles. The molecule has 2 rings (SSSR count). The maximum absolute atomic E-state index is 9.22. The van der Waals surface area contributed by atoms with Crippen LogP contribution < -0.4 is 0 Å². The molecule has 0 saturated heterocycles. The fourth-order valence-corrected chi connectivity index (χ4v) is 2.22. The van der Waals surface area contributed by atoms with Gasteiger partial charge in [0.1, 0.15) is 5.75 Å². The Bertz CT molecular complexity index is 337. The minimum atomic E-state index is 0.392. The van der Waals surface area contributed by atoms with Gasteiger partial charge in [-0.05, 0) is 49.4 Å². The topological polar surface area (TPSA) is 20.2 Å². The summed E-state index contributed by atoms with van der Waals surface area (Å²) in [7, 11) is 0. The van der Waals surface area contributed by atoms with Gasteiger partial charge in [0.15, 0.2) is 0 Å². The van der Waals surface area contributed by atoms with Crippen LogP contribution in [0.1, 0.15) is 62.1 Å². The first kappa shape index (κ1) is 15.1. The van der Waals surface area contributed by atoms with Gasteiger partial charge >= 0.3 is 0 Å². The van der Waals surface area contributed by atoms with Crippen molar-refractivity contribution in [2.45, 2.75) is 66.2 Å². The number of benzene rings is 1. The van der Waals surface area contributed by atoms with Gasteiger partial charge in [-0.3, -0.25) is 0 Å². The summed E-state index contributed by atoms with van der Waals surface area (Å²) in [6, 6.07) is 3.66. The van der Waals surface area contributed by atoms with E-state index in [1.807, 2.05) is 26.8 Å². The minimum absolute atomic E-state index is 0.392. The van der Waals surface area contributed by atoms with Crippen molar-refractivity contribution in [1.82, 2.24) is 0 Å². The van der Waals surface area contributed by atoms with Gasteiger partial charge in [-0.15, -0.1) is 0 Å². The highest BCUT2D eigenvalue weighted by atomic mass is 16.3. The third-order valence-electron chi connectivity index (χ3n) is 4.22. The molecule has 1 aliphatic rings. The molecule has 0 aromatic heterocycles. The van der Waals surface area contributed by atoms with Gasteiger partial charge in [0.25, 0.3) is 0 Å². The van der Waals surface area contributed by atoms with E-state index >= 15 is 0 Å². The van der Waals surface area contributed by atoms with Crippen molar-refractivity contribution in [1.29, 1.82) is 0 Å². The van der Waals surface area contributed by atoms with Crippen LogP contribution in [0.3, 0.4) is 0 Å². The van der Waals surface area contributed by atoms with E-state index in [2.05, 4.69) is 6.92 Å². The van der Waals surface area contributed by atoms with Crippen LogP contribution in [-0.2, 0) is 0 Å². The monoisotopic (exact) mass is 248 g/mol. The van der Waals surface area contributed by atoms with Crippen molar-refractivity contribution in [2.24, 2.45) is 5.92 Å². The van der Waals surface area contributed by atoms with E-state index in [-0.39, 0.29) is 0 Å². The quantitative estimate of drug-likeness (QED) is 0.770. The molecular weight excluding hydrogens is 220 g/mol. The van der Waals surface area contributed by atoms with Crippen LogP contribution in [0.25, 0.3) is 0 Å². The molecule has 0 spiro atoms. The molecule has 1 N–H and O–H groups in total. The zero-order valence-electron chi connectivity index (χ0n) is 12.4. The number of unbranched alkanes of at least 4 members (excludes halogenated alkanes) is 1. The summed E-state index contributed by atoms with van der Waals surface area (Å²) in [5, 5.41) is 9.22. The Labute approximate surface area is 112 Å². The Morgan fingerprint density at radius 2 is 1.78 bits per heavy atom. The molecule has 1 fully saturated rings. The highest BCUT2D eigenvalue weighted by molar-refractivity contribution is 5.41. The van der Waals surface area contributed by atoms with Crippen molar-refractivity contribution in [3.8, 4) is 5.75 Å². The Kier molecular flexibility index (Phi) is 6.24. The van der Waals surface area contributed by atoms with Gasteiger partial charge in [-0.2, -0.15) is 0 Å². The zero-order valence-corrected chi connectivity index (χ0v) is 12.4. The van der Waals surface area contributed by atoms with E-state index in [1.54, 1.807) is 6.07 Å².